The highest BCUT2D eigenvalue weighted by Gasteiger charge is 2.14. The number of nitrogens with one attached hydrogen (secondary N) is 2. The van der Waals surface area contributed by atoms with Crippen LogP contribution in [0.2, 0.25) is 0 Å². The van der Waals surface area contributed by atoms with E-state index in [0.29, 0.717) is 17.7 Å². The van der Waals surface area contributed by atoms with Crippen molar-refractivity contribution in [2.24, 2.45) is 7.05 Å². The molecule has 0 atom stereocenters. The largest absolute Gasteiger partial charge is 0.395 e. The number of nitrogens with zero attached hydrogens (tertiary/aromatic N) is 1. The lowest BCUT2D eigenvalue weighted by Crippen LogP contribution is -2.27. The average molecular weight is 337 g/mol. The van der Waals surface area contributed by atoms with E-state index in [0.717, 1.165) is 11.1 Å². The third kappa shape index (κ3) is 3.54. The summed E-state index contributed by atoms with van der Waals surface area (Å²) in [6, 6.07) is 16.1. The van der Waals surface area contributed by atoms with Gasteiger partial charge in [0, 0.05) is 25.0 Å². The molecule has 0 bridgehead atoms. The number of carbonyl (C=O) groups excluding carboxylic acids is 1. The minimum atomic E-state index is -0.434. The van der Waals surface area contributed by atoms with E-state index in [9.17, 15) is 9.59 Å². The summed E-state index contributed by atoms with van der Waals surface area (Å²) in [5.74, 6) is -0.434. The van der Waals surface area contributed by atoms with Gasteiger partial charge in [-0.2, -0.15) is 0 Å². The molecule has 0 fully saturated rings. The highest BCUT2D eigenvalue weighted by molar-refractivity contribution is 6.05. The number of carbonyl (C=O) groups is 1. The van der Waals surface area contributed by atoms with Gasteiger partial charge in [0.25, 0.3) is 11.5 Å². The van der Waals surface area contributed by atoms with Crippen molar-refractivity contribution in [3.63, 3.8) is 0 Å². The molecule has 0 saturated carbocycles. The molecule has 3 aromatic rings. The van der Waals surface area contributed by atoms with Crippen LogP contribution in [0, 0.1) is 0 Å². The number of benzene rings is 2. The number of pyridine rings is 1. The molecule has 3 rings (SSSR count). The Labute approximate surface area is 144 Å². The molecule has 0 aliphatic carbocycles. The van der Waals surface area contributed by atoms with Crippen LogP contribution in [0.15, 0.2) is 59.4 Å². The minimum absolute atomic E-state index is 0.0234. The Kier molecular flexibility index (Phi) is 4.81. The third-order valence-electron chi connectivity index (χ3n) is 3.94. The Bertz CT molecular complexity index is 965. The monoisotopic (exact) mass is 337 g/mol. The molecule has 3 N–H and O–H groups in total. The number of aromatic nitrogens is 1. The van der Waals surface area contributed by atoms with Crippen LogP contribution in [0.5, 0.6) is 0 Å². The number of aliphatic hydroxyl groups excluding tert-OH is 1. The second-order valence-electron chi connectivity index (χ2n) is 5.67. The molecule has 0 spiro atoms. The number of aliphatic hydroxyl groups is 1. The molecular formula is C19H19N3O3. The Morgan fingerprint density at radius 1 is 1.08 bits per heavy atom. The summed E-state index contributed by atoms with van der Waals surface area (Å²) in [4.78, 5) is 25.1. The van der Waals surface area contributed by atoms with Gasteiger partial charge in [-0.3, -0.25) is 9.59 Å². The average Bonchev–Trinajstić information content (AvgIpc) is 2.63. The Balaban J connectivity index is 1.98. The Morgan fingerprint density at radius 2 is 1.84 bits per heavy atom. The van der Waals surface area contributed by atoms with Crippen molar-refractivity contribution >= 4 is 28.2 Å². The van der Waals surface area contributed by atoms with Crippen LogP contribution < -0.4 is 16.2 Å². The number of aryl methyl sites for hydroxylation is 1. The van der Waals surface area contributed by atoms with Gasteiger partial charge in [-0.15, -0.1) is 0 Å². The fourth-order valence-corrected chi connectivity index (χ4v) is 2.66. The number of hydrogen-bond acceptors (Lipinski definition) is 4. The highest BCUT2D eigenvalue weighted by Crippen LogP contribution is 2.19. The van der Waals surface area contributed by atoms with Crippen molar-refractivity contribution in [3.8, 4) is 0 Å². The maximum Gasteiger partial charge on any atom is 0.263 e. The van der Waals surface area contributed by atoms with E-state index in [1.54, 1.807) is 25.2 Å². The second-order valence-corrected chi connectivity index (χ2v) is 5.67. The zero-order chi connectivity index (χ0) is 17.8. The quantitative estimate of drug-likeness (QED) is 0.666. The third-order valence-corrected chi connectivity index (χ3v) is 3.94. The van der Waals surface area contributed by atoms with Gasteiger partial charge < -0.3 is 20.3 Å². The van der Waals surface area contributed by atoms with Crippen LogP contribution in [0.3, 0.4) is 0 Å². The molecule has 25 heavy (non-hydrogen) atoms. The zero-order valence-corrected chi connectivity index (χ0v) is 13.8. The predicted octanol–water partition coefficient (Wildman–Crippen LogP) is 2.20. The van der Waals surface area contributed by atoms with Gasteiger partial charge in [0.1, 0.15) is 5.56 Å². The molecule has 0 aliphatic rings. The fraction of sp³-hybridized carbons (Fsp3) is 0.158. The lowest BCUT2D eigenvalue weighted by molar-refractivity contribution is 0.102. The summed E-state index contributed by atoms with van der Waals surface area (Å²) in [7, 11) is 1.64. The molecule has 1 aromatic heterocycles. The smallest absolute Gasteiger partial charge is 0.263 e. The summed E-state index contributed by atoms with van der Waals surface area (Å²) in [6.45, 7) is 0.451. The van der Waals surface area contributed by atoms with E-state index in [1.807, 2.05) is 36.4 Å². The SMILES string of the molecule is Cn1c(=O)c(C(=O)Nc2ccccc2)cc2ccc(NCCO)cc21. The zero-order valence-electron chi connectivity index (χ0n) is 13.8. The fourth-order valence-electron chi connectivity index (χ4n) is 2.66. The van der Waals surface area contributed by atoms with Gasteiger partial charge in [-0.25, -0.2) is 0 Å². The number of rotatable bonds is 5. The van der Waals surface area contributed by atoms with E-state index in [4.69, 9.17) is 5.11 Å². The predicted molar refractivity (Wildman–Crippen MR) is 99.2 cm³/mol. The molecule has 128 valence electrons. The van der Waals surface area contributed by atoms with Gasteiger partial charge in [0.15, 0.2) is 0 Å². The molecule has 2 aromatic carbocycles. The van der Waals surface area contributed by atoms with E-state index >= 15 is 0 Å². The molecular weight excluding hydrogens is 318 g/mol. The number of amides is 1. The van der Waals surface area contributed by atoms with Crippen LogP contribution in [0.1, 0.15) is 10.4 Å². The number of hydrogen-bond donors (Lipinski definition) is 3. The van der Waals surface area contributed by atoms with E-state index < -0.39 is 5.91 Å². The number of fused-ring (bicyclic) bond motifs is 1. The molecule has 6 heteroatoms. The second kappa shape index (κ2) is 7.19. The van der Waals surface area contributed by atoms with E-state index in [-0.39, 0.29) is 17.7 Å². The van der Waals surface area contributed by atoms with Crippen molar-refractivity contribution in [2.75, 3.05) is 23.8 Å². The van der Waals surface area contributed by atoms with Gasteiger partial charge in [0.2, 0.25) is 0 Å². The summed E-state index contributed by atoms with van der Waals surface area (Å²) in [5, 5.41) is 15.5. The lowest BCUT2D eigenvalue weighted by Gasteiger charge is -2.11. The van der Waals surface area contributed by atoms with Gasteiger partial charge >= 0.3 is 0 Å². The molecule has 0 radical (unpaired) electrons. The summed E-state index contributed by atoms with van der Waals surface area (Å²) in [5.41, 5.74) is 1.88. The standard InChI is InChI=1S/C19H19N3O3/c1-22-17-12-15(20-9-10-23)8-7-13(17)11-16(19(22)25)18(24)21-14-5-3-2-4-6-14/h2-8,11-12,20,23H,9-10H2,1H3,(H,21,24). The van der Waals surface area contributed by atoms with Crippen molar-refractivity contribution < 1.29 is 9.90 Å². The molecule has 1 amide bonds. The van der Waals surface area contributed by atoms with Crippen LogP contribution in [0.25, 0.3) is 10.9 Å². The van der Waals surface area contributed by atoms with Crippen LogP contribution in [-0.2, 0) is 7.05 Å². The van der Waals surface area contributed by atoms with Crippen LogP contribution in [-0.4, -0.2) is 28.7 Å². The van der Waals surface area contributed by atoms with Crippen molar-refractivity contribution in [1.82, 2.24) is 4.57 Å². The number of para-hydroxylation sites is 1. The topological polar surface area (TPSA) is 83.4 Å². The minimum Gasteiger partial charge on any atom is -0.395 e. The van der Waals surface area contributed by atoms with Crippen molar-refractivity contribution in [3.05, 3.63) is 70.5 Å². The van der Waals surface area contributed by atoms with Gasteiger partial charge in [0.05, 0.1) is 12.1 Å². The maximum atomic E-state index is 12.6. The van der Waals surface area contributed by atoms with E-state index in [1.165, 1.54) is 4.57 Å². The van der Waals surface area contributed by atoms with Crippen molar-refractivity contribution in [2.45, 2.75) is 0 Å². The van der Waals surface area contributed by atoms with E-state index in [2.05, 4.69) is 10.6 Å². The summed E-state index contributed by atoms with van der Waals surface area (Å²) < 4.78 is 1.46. The Hall–Kier alpha value is -3.12. The van der Waals surface area contributed by atoms with Crippen LogP contribution >= 0.6 is 0 Å². The first-order valence-electron chi connectivity index (χ1n) is 7.95. The first-order valence-corrected chi connectivity index (χ1v) is 7.95. The molecule has 0 aliphatic heterocycles. The Morgan fingerprint density at radius 3 is 2.56 bits per heavy atom. The summed E-state index contributed by atoms with van der Waals surface area (Å²) in [6.07, 6.45) is 0. The first kappa shape index (κ1) is 16.7. The molecule has 0 unspecified atom stereocenters. The molecule has 0 saturated heterocycles. The van der Waals surface area contributed by atoms with Gasteiger partial charge in [-0.05, 0) is 35.7 Å². The number of anilines is 2. The maximum absolute atomic E-state index is 12.6. The lowest BCUT2D eigenvalue weighted by atomic mass is 10.1. The first-order chi connectivity index (χ1) is 12.1. The molecule has 1 heterocycles. The highest BCUT2D eigenvalue weighted by atomic mass is 16.3. The molecule has 6 nitrogen and oxygen atoms in total. The normalized spacial score (nSPS) is 10.6. The van der Waals surface area contributed by atoms with Crippen LogP contribution in [0.4, 0.5) is 11.4 Å². The summed E-state index contributed by atoms with van der Waals surface area (Å²) >= 11 is 0. The van der Waals surface area contributed by atoms with Gasteiger partial charge in [-0.1, -0.05) is 24.3 Å². The van der Waals surface area contributed by atoms with Crippen molar-refractivity contribution in [1.29, 1.82) is 0 Å².